The lowest BCUT2D eigenvalue weighted by atomic mass is 10.1. The van der Waals surface area contributed by atoms with Crippen molar-refractivity contribution < 1.29 is 9.90 Å². The Hall–Kier alpha value is -1.97. The third kappa shape index (κ3) is 1.62. The first kappa shape index (κ1) is 10.5. The normalized spacial score (nSPS) is 10.7. The summed E-state index contributed by atoms with van der Waals surface area (Å²) in [5.74, 6) is 0.0947. The predicted octanol–water partition coefficient (Wildman–Crippen LogP) is 1.88. The third-order valence-electron chi connectivity index (χ3n) is 2.50. The number of aromatic hydroxyl groups is 1. The molecule has 0 radical (unpaired) electrons. The lowest BCUT2D eigenvalue weighted by Crippen LogP contribution is -2.21. The van der Waals surface area contributed by atoms with Gasteiger partial charge in [-0.25, -0.2) is 0 Å². The van der Waals surface area contributed by atoms with E-state index >= 15 is 0 Å². The van der Waals surface area contributed by atoms with Gasteiger partial charge in [0, 0.05) is 25.0 Å². The van der Waals surface area contributed by atoms with Crippen molar-refractivity contribution in [2.75, 3.05) is 14.1 Å². The molecule has 4 nitrogen and oxygen atoms in total. The molecule has 2 N–H and O–H groups in total. The van der Waals surface area contributed by atoms with Crippen LogP contribution in [-0.4, -0.2) is 35.0 Å². The highest BCUT2D eigenvalue weighted by Gasteiger charge is 2.13. The van der Waals surface area contributed by atoms with Crippen LogP contribution in [0.5, 0.6) is 5.75 Å². The Morgan fingerprint density at radius 3 is 2.62 bits per heavy atom. The molecule has 84 valence electrons. The van der Waals surface area contributed by atoms with E-state index < -0.39 is 0 Å². The minimum absolute atomic E-state index is 0.103. The Morgan fingerprint density at radius 1 is 1.31 bits per heavy atom. The number of H-pyrrole nitrogens is 1. The molecule has 0 aliphatic rings. The number of fused-ring (bicyclic) bond motifs is 1. The molecule has 16 heavy (non-hydrogen) atoms. The maximum Gasteiger partial charge on any atom is 0.269 e. The second kappa shape index (κ2) is 3.56. The molecule has 0 unspecified atom stereocenters. The lowest BCUT2D eigenvalue weighted by Gasteiger charge is -2.07. The van der Waals surface area contributed by atoms with E-state index in [4.69, 9.17) is 0 Å². The fraction of sp³-hybridized carbons (Fsp3) is 0.250. The van der Waals surface area contributed by atoms with Gasteiger partial charge in [-0.3, -0.25) is 4.79 Å². The van der Waals surface area contributed by atoms with Crippen LogP contribution < -0.4 is 0 Å². The van der Waals surface area contributed by atoms with Crippen molar-refractivity contribution in [1.29, 1.82) is 0 Å². The van der Waals surface area contributed by atoms with Crippen LogP contribution in [0.25, 0.3) is 10.9 Å². The number of nitrogens with one attached hydrogen (secondary N) is 1. The number of aryl methyl sites for hydroxylation is 1. The molecule has 2 aromatic rings. The van der Waals surface area contributed by atoms with Crippen LogP contribution in [-0.2, 0) is 0 Å². The number of hydrogen-bond acceptors (Lipinski definition) is 2. The number of carbonyl (C=O) groups is 1. The second-order valence-electron chi connectivity index (χ2n) is 4.13. The monoisotopic (exact) mass is 218 g/mol. The highest BCUT2D eigenvalue weighted by molar-refractivity contribution is 5.99. The summed E-state index contributed by atoms with van der Waals surface area (Å²) in [5, 5.41) is 10.4. The predicted molar refractivity (Wildman–Crippen MR) is 62.7 cm³/mol. The average Bonchev–Trinajstić information content (AvgIpc) is 2.60. The number of carbonyl (C=O) groups excluding carboxylic acids is 1. The van der Waals surface area contributed by atoms with Gasteiger partial charge in [0.05, 0.1) is 0 Å². The molecule has 0 spiro atoms. The summed E-state index contributed by atoms with van der Waals surface area (Å²) in [7, 11) is 3.39. The van der Waals surface area contributed by atoms with Crippen molar-refractivity contribution in [1.82, 2.24) is 9.88 Å². The molecule has 0 atom stereocenters. The van der Waals surface area contributed by atoms with Crippen LogP contribution in [0.15, 0.2) is 18.2 Å². The van der Waals surface area contributed by atoms with E-state index in [0.717, 1.165) is 11.1 Å². The molecular weight excluding hydrogens is 204 g/mol. The summed E-state index contributed by atoms with van der Waals surface area (Å²) >= 11 is 0. The van der Waals surface area contributed by atoms with Gasteiger partial charge in [-0.1, -0.05) is 0 Å². The molecule has 0 aliphatic heterocycles. The van der Waals surface area contributed by atoms with E-state index in [1.807, 2.05) is 13.0 Å². The first-order valence-corrected chi connectivity index (χ1v) is 5.03. The summed E-state index contributed by atoms with van der Waals surface area (Å²) in [5.41, 5.74) is 2.22. The summed E-state index contributed by atoms with van der Waals surface area (Å²) in [4.78, 5) is 16.2. The number of aromatic nitrogens is 1. The average molecular weight is 218 g/mol. The number of amides is 1. The fourth-order valence-corrected chi connectivity index (χ4v) is 1.72. The zero-order valence-corrected chi connectivity index (χ0v) is 9.53. The number of phenolic OH excluding ortho intramolecular Hbond substituents is 1. The summed E-state index contributed by atoms with van der Waals surface area (Å²) in [6.07, 6.45) is 0. The van der Waals surface area contributed by atoms with Crippen molar-refractivity contribution in [3.05, 3.63) is 29.5 Å². The Kier molecular flexibility index (Phi) is 2.34. The van der Waals surface area contributed by atoms with Gasteiger partial charge in [-0.15, -0.1) is 0 Å². The van der Waals surface area contributed by atoms with E-state index in [9.17, 15) is 9.90 Å². The largest absolute Gasteiger partial charge is 0.507 e. The van der Waals surface area contributed by atoms with E-state index in [1.165, 1.54) is 4.90 Å². The Balaban J connectivity index is 2.60. The van der Waals surface area contributed by atoms with Crippen molar-refractivity contribution in [3.63, 3.8) is 0 Å². The van der Waals surface area contributed by atoms with Crippen LogP contribution in [0.3, 0.4) is 0 Å². The van der Waals surface area contributed by atoms with Gasteiger partial charge < -0.3 is 15.0 Å². The van der Waals surface area contributed by atoms with Gasteiger partial charge in [-0.05, 0) is 30.7 Å². The van der Waals surface area contributed by atoms with Gasteiger partial charge in [0.15, 0.2) is 0 Å². The van der Waals surface area contributed by atoms with Crippen molar-refractivity contribution >= 4 is 16.8 Å². The van der Waals surface area contributed by atoms with Crippen molar-refractivity contribution in [3.8, 4) is 5.75 Å². The minimum atomic E-state index is -0.103. The maximum atomic E-state index is 11.7. The van der Waals surface area contributed by atoms with Crippen LogP contribution in [0.1, 0.15) is 16.1 Å². The first-order valence-electron chi connectivity index (χ1n) is 5.03. The minimum Gasteiger partial charge on any atom is -0.507 e. The number of rotatable bonds is 1. The van der Waals surface area contributed by atoms with Crippen LogP contribution in [0, 0.1) is 6.92 Å². The van der Waals surface area contributed by atoms with Crippen LogP contribution >= 0.6 is 0 Å². The SMILES string of the molecule is Cc1cc(O)c2cc(C(=O)N(C)C)[nH]c2c1. The maximum absolute atomic E-state index is 11.7. The third-order valence-corrected chi connectivity index (χ3v) is 2.50. The molecule has 0 saturated heterocycles. The van der Waals surface area contributed by atoms with E-state index in [1.54, 1.807) is 26.2 Å². The molecule has 2 rings (SSSR count). The van der Waals surface area contributed by atoms with E-state index in [0.29, 0.717) is 11.1 Å². The fourth-order valence-electron chi connectivity index (χ4n) is 1.72. The molecule has 4 heteroatoms. The Bertz CT molecular complexity index is 555. The number of hydrogen-bond donors (Lipinski definition) is 2. The number of phenols is 1. The Morgan fingerprint density at radius 2 is 2.00 bits per heavy atom. The number of benzene rings is 1. The molecule has 0 fully saturated rings. The molecule has 1 aromatic carbocycles. The van der Waals surface area contributed by atoms with Gasteiger partial charge in [0.1, 0.15) is 11.4 Å². The summed E-state index contributed by atoms with van der Waals surface area (Å²) in [6.45, 7) is 1.90. The number of aromatic amines is 1. The molecular formula is C12H14N2O2. The van der Waals surface area contributed by atoms with E-state index in [2.05, 4.69) is 4.98 Å². The van der Waals surface area contributed by atoms with Gasteiger partial charge >= 0.3 is 0 Å². The lowest BCUT2D eigenvalue weighted by molar-refractivity contribution is 0.0823. The Labute approximate surface area is 93.5 Å². The van der Waals surface area contributed by atoms with Gasteiger partial charge in [0.2, 0.25) is 0 Å². The topological polar surface area (TPSA) is 56.3 Å². The van der Waals surface area contributed by atoms with E-state index in [-0.39, 0.29) is 11.7 Å². The zero-order chi connectivity index (χ0) is 11.9. The number of nitrogens with zero attached hydrogens (tertiary/aromatic N) is 1. The smallest absolute Gasteiger partial charge is 0.269 e. The van der Waals surface area contributed by atoms with Gasteiger partial charge in [0.25, 0.3) is 5.91 Å². The summed E-state index contributed by atoms with van der Waals surface area (Å²) in [6, 6.07) is 5.26. The standard InChI is InChI=1S/C12H14N2O2/c1-7-4-9-8(11(15)5-7)6-10(13-9)12(16)14(2)3/h4-6,13,15H,1-3H3. The summed E-state index contributed by atoms with van der Waals surface area (Å²) < 4.78 is 0. The molecule has 0 bridgehead atoms. The van der Waals surface area contributed by atoms with Gasteiger partial charge in [-0.2, -0.15) is 0 Å². The van der Waals surface area contributed by atoms with Crippen LogP contribution in [0.4, 0.5) is 0 Å². The highest BCUT2D eigenvalue weighted by atomic mass is 16.3. The molecule has 1 heterocycles. The molecule has 1 aromatic heterocycles. The van der Waals surface area contributed by atoms with Crippen molar-refractivity contribution in [2.45, 2.75) is 6.92 Å². The zero-order valence-electron chi connectivity index (χ0n) is 9.53. The molecule has 0 aliphatic carbocycles. The van der Waals surface area contributed by atoms with Crippen molar-refractivity contribution in [2.24, 2.45) is 0 Å². The van der Waals surface area contributed by atoms with Crippen LogP contribution in [0.2, 0.25) is 0 Å². The second-order valence-corrected chi connectivity index (χ2v) is 4.13. The first-order chi connectivity index (χ1) is 7.49. The highest BCUT2D eigenvalue weighted by Crippen LogP contribution is 2.27. The molecule has 0 saturated carbocycles. The molecule has 1 amide bonds. The quantitative estimate of drug-likeness (QED) is 0.767.